The quantitative estimate of drug-likeness (QED) is 0.826. The Morgan fingerprint density at radius 2 is 2.00 bits per heavy atom. The first-order chi connectivity index (χ1) is 10.5. The van der Waals surface area contributed by atoms with Crippen LogP contribution in [-0.2, 0) is 16.1 Å². The van der Waals surface area contributed by atoms with Gasteiger partial charge in [-0.3, -0.25) is 4.79 Å². The molecule has 0 aliphatic carbocycles. The van der Waals surface area contributed by atoms with Crippen molar-refractivity contribution in [2.75, 3.05) is 0 Å². The van der Waals surface area contributed by atoms with Crippen molar-refractivity contribution >= 4 is 22.8 Å². The Hall–Kier alpha value is -2.30. The molecule has 1 amide bonds. The summed E-state index contributed by atoms with van der Waals surface area (Å²) in [5.41, 5.74) is -0.116. The van der Waals surface area contributed by atoms with Gasteiger partial charge in [-0.2, -0.15) is 0 Å². The summed E-state index contributed by atoms with van der Waals surface area (Å²) in [7, 11) is 0. The SMILES string of the molecule is CCCC(C)(NC(=O)CCn1ccc2ccccc21)C(=O)O. The third-order valence-electron chi connectivity index (χ3n) is 3.90. The molecule has 0 bridgehead atoms. The molecular formula is C17H22N2O3. The molecule has 0 saturated heterocycles. The molecule has 5 heteroatoms. The van der Waals surface area contributed by atoms with E-state index in [1.54, 1.807) is 6.92 Å². The number of carbonyl (C=O) groups excluding carboxylic acids is 1. The molecule has 22 heavy (non-hydrogen) atoms. The number of fused-ring (bicyclic) bond motifs is 1. The predicted octanol–water partition coefficient (Wildman–Crippen LogP) is 2.79. The van der Waals surface area contributed by atoms with Crippen molar-refractivity contribution in [2.24, 2.45) is 0 Å². The van der Waals surface area contributed by atoms with E-state index < -0.39 is 11.5 Å². The number of aliphatic carboxylic acids is 1. The van der Waals surface area contributed by atoms with Gasteiger partial charge in [-0.05, 0) is 30.9 Å². The van der Waals surface area contributed by atoms with Crippen molar-refractivity contribution in [3.05, 3.63) is 36.5 Å². The molecule has 0 aliphatic heterocycles. The Kier molecular flexibility index (Phi) is 4.85. The zero-order chi connectivity index (χ0) is 16.2. The molecule has 1 heterocycles. The van der Waals surface area contributed by atoms with E-state index in [0.717, 1.165) is 10.9 Å². The summed E-state index contributed by atoms with van der Waals surface area (Å²) in [5.74, 6) is -1.23. The van der Waals surface area contributed by atoms with Crippen molar-refractivity contribution in [3.8, 4) is 0 Å². The molecule has 1 aromatic carbocycles. The summed E-state index contributed by atoms with van der Waals surface area (Å²) in [4.78, 5) is 23.4. The second kappa shape index (κ2) is 6.64. The molecule has 0 fully saturated rings. The fraction of sp³-hybridized carbons (Fsp3) is 0.412. The van der Waals surface area contributed by atoms with Gasteiger partial charge in [-0.1, -0.05) is 31.5 Å². The van der Waals surface area contributed by atoms with E-state index in [4.69, 9.17) is 0 Å². The highest BCUT2D eigenvalue weighted by atomic mass is 16.4. The van der Waals surface area contributed by atoms with Gasteiger partial charge in [0.05, 0.1) is 0 Å². The van der Waals surface area contributed by atoms with Gasteiger partial charge < -0.3 is 15.0 Å². The highest BCUT2D eigenvalue weighted by Crippen LogP contribution is 2.16. The van der Waals surface area contributed by atoms with Crippen LogP contribution in [0.4, 0.5) is 0 Å². The largest absolute Gasteiger partial charge is 0.480 e. The van der Waals surface area contributed by atoms with Gasteiger partial charge in [-0.15, -0.1) is 0 Å². The highest BCUT2D eigenvalue weighted by molar-refractivity contribution is 5.86. The van der Waals surface area contributed by atoms with Crippen LogP contribution in [0.5, 0.6) is 0 Å². The minimum atomic E-state index is -1.19. The van der Waals surface area contributed by atoms with Crippen molar-refractivity contribution in [2.45, 2.75) is 45.2 Å². The minimum absolute atomic E-state index is 0.240. The number of nitrogens with zero attached hydrogens (tertiary/aromatic N) is 1. The van der Waals surface area contributed by atoms with E-state index in [-0.39, 0.29) is 12.3 Å². The second-order valence-corrected chi connectivity index (χ2v) is 5.75. The van der Waals surface area contributed by atoms with E-state index in [2.05, 4.69) is 5.32 Å². The van der Waals surface area contributed by atoms with Crippen LogP contribution in [0.1, 0.15) is 33.1 Å². The summed E-state index contributed by atoms with van der Waals surface area (Å²) in [6.45, 7) is 3.99. The molecule has 0 aliphatic rings. The Labute approximate surface area is 129 Å². The predicted molar refractivity (Wildman–Crippen MR) is 85.6 cm³/mol. The number of hydrogen-bond acceptors (Lipinski definition) is 2. The minimum Gasteiger partial charge on any atom is -0.480 e. The van der Waals surface area contributed by atoms with Gasteiger partial charge in [0.15, 0.2) is 0 Å². The van der Waals surface area contributed by atoms with E-state index in [1.165, 1.54) is 0 Å². The molecule has 1 unspecified atom stereocenters. The molecule has 1 atom stereocenters. The third-order valence-corrected chi connectivity index (χ3v) is 3.90. The maximum atomic E-state index is 12.1. The number of nitrogens with one attached hydrogen (secondary N) is 1. The molecule has 2 N–H and O–H groups in total. The Bertz CT molecular complexity index is 677. The highest BCUT2D eigenvalue weighted by Gasteiger charge is 2.33. The summed E-state index contributed by atoms with van der Waals surface area (Å²) >= 11 is 0. The van der Waals surface area contributed by atoms with Crippen LogP contribution in [0.2, 0.25) is 0 Å². The third kappa shape index (κ3) is 3.47. The number of benzene rings is 1. The lowest BCUT2D eigenvalue weighted by atomic mass is 9.96. The average Bonchev–Trinajstić information content (AvgIpc) is 2.88. The van der Waals surface area contributed by atoms with Crippen molar-refractivity contribution < 1.29 is 14.7 Å². The molecule has 0 radical (unpaired) electrons. The molecule has 118 valence electrons. The molecular weight excluding hydrogens is 280 g/mol. The topological polar surface area (TPSA) is 71.3 Å². The lowest BCUT2D eigenvalue weighted by Gasteiger charge is -2.25. The van der Waals surface area contributed by atoms with Gasteiger partial charge >= 0.3 is 5.97 Å². The van der Waals surface area contributed by atoms with Crippen LogP contribution in [0, 0.1) is 0 Å². The maximum absolute atomic E-state index is 12.1. The number of hydrogen-bond donors (Lipinski definition) is 2. The normalized spacial score (nSPS) is 13.7. The number of amides is 1. The van der Waals surface area contributed by atoms with Crippen molar-refractivity contribution in [3.63, 3.8) is 0 Å². The number of carboxylic acids is 1. The summed E-state index contributed by atoms with van der Waals surface area (Å²) in [5, 5.41) is 13.1. The van der Waals surface area contributed by atoms with E-state index in [9.17, 15) is 14.7 Å². The Balaban J connectivity index is 1.99. The summed E-state index contributed by atoms with van der Waals surface area (Å²) in [6, 6.07) is 9.97. The molecule has 2 aromatic rings. The molecule has 0 spiro atoms. The summed E-state index contributed by atoms with van der Waals surface area (Å²) in [6.07, 6.45) is 3.32. The van der Waals surface area contributed by atoms with Gasteiger partial charge in [0.1, 0.15) is 5.54 Å². The van der Waals surface area contributed by atoms with Gasteiger partial charge in [0, 0.05) is 24.7 Å². The van der Waals surface area contributed by atoms with Gasteiger partial charge in [0.25, 0.3) is 0 Å². The Morgan fingerprint density at radius 1 is 1.27 bits per heavy atom. The van der Waals surface area contributed by atoms with Gasteiger partial charge in [0.2, 0.25) is 5.91 Å². The number of aryl methyl sites for hydroxylation is 1. The lowest BCUT2D eigenvalue weighted by Crippen LogP contribution is -2.52. The number of carbonyl (C=O) groups is 2. The smallest absolute Gasteiger partial charge is 0.329 e. The van der Waals surface area contributed by atoms with Crippen molar-refractivity contribution in [1.29, 1.82) is 0 Å². The van der Waals surface area contributed by atoms with Crippen LogP contribution in [-0.4, -0.2) is 27.1 Å². The molecule has 1 aromatic heterocycles. The van der Waals surface area contributed by atoms with E-state index in [0.29, 0.717) is 19.4 Å². The number of aromatic nitrogens is 1. The second-order valence-electron chi connectivity index (χ2n) is 5.75. The first-order valence-electron chi connectivity index (χ1n) is 7.54. The van der Waals surface area contributed by atoms with E-state index in [1.807, 2.05) is 48.0 Å². The molecule has 0 saturated carbocycles. The number of rotatable bonds is 7. The zero-order valence-corrected chi connectivity index (χ0v) is 13.0. The van der Waals surface area contributed by atoms with Crippen molar-refractivity contribution in [1.82, 2.24) is 9.88 Å². The first-order valence-corrected chi connectivity index (χ1v) is 7.54. The zero-order valence-electron chi connectivity index (χ0n) is 13.0. The molecule has 2 rings (SSSR count). The number of carboxylic acid groups (broad SMARTS) is 1. The van der Waals surface area contributed by atoms with E-state index >= 15 is 0 Å². The number of para-hydroxylation sites is 1. The lowest BCUT2D eigenvalue weighted by molar-refractivity contribution is -0.147. The van der Waals surface area contributed by atoms with Crippen LogP contribution in [0.3, 0.4) is 0 Å². The standard InChI is InChI=1S/C17H22N2O3/c1-3-10-17(2,16(21)22)18-15(20)9-12-19-11-8-13-6-4-5-7-14(13)19/h4-8,11H,3,9-10,12H2,1-2H3,(H,18,20)(H,21,22). The van der Waals surface area contributed by atoms with Gasteiger partial charge in [-0.25, -0.2) is 4.79 Å². The van der Waals surface area contributed by atoms with Crippen LogP contribution >= 0.6 is 0 Å². The first kappa shape index (κ1) is 16.1. The van der Waals surface area contributed by atoms with Crippen LogP contribution in [0.15, 0.2) is 36.5 Å². The monoisotopic (exact) mass is 302 g/mol. The maximum Gasteiger partial charge on any atom is 0.329 e. The molecule has 5 nitrogen and oxygen atoms in total. The van der Waals surface area contributed by atoms with Crippen LogP contribution in [0.25, 0.3) is 10.9 Å². The fourth-order valence-electron chi connectivity index (χ4n) is 2.65. The fourth-order valence-corrected chi connectivity index (χ4v) is 2.65. The Morgan fingerprint density at radius 3 is 2.68 bits per heavy atom. The average molecular weight is 302 g/mol. The summed E-state index contributed by atoms with van der Waals surface area (Å²) < 4.78 is 2.01. The van der Waals surface area contributed by atoms with Crippen LogP contribution < -0.4 is 5.32 Å².